The Morgan fingerprint density at radius 3 is 2.68 bits per heavy atom. The second kappa shape index (κ2) is 8.86. The van der Waals surface area contributed by atoms with Crippen LogP contribution in [0, 0.1) is 6.92 Å². The molecule has 0 atom stereocenters. The fourth-order valence-corrected chi connectivity index (χ4v) is 2.68. The van der Waals surface area contributed by atoms with Crippen LogP contribution in [0.2, 0.25) is 0 Å². The van der Waals surface area contributed by atoms with E-state index in [-0.39, 0.29) is 22.8 Å². The van der Waals surface area contributed by atoms with Crippen LogP contribution in [0.4, 0.5) is 29.3 Å². The van der Waals surface area contributed by atoms with Gasteiger partial charge in [0, 0.05) is 18.0 Å². The zero-order chi connectivity index (χ0) is 22.6. The summed E-state index contributed by atoms with van der Waals surface area (Å²) >= 11 is 0. The quantitative estimate of drug-likeness (QED) is 0.559. The fraction of sp³-hybridized carbons (Fsp3) is 0.200. The number of alkyl halides is 3. The Balaban J connectivity index is 1.77. The van der Waals surface area contributed by atoms with Crippen LogP contribution in [0.25, 0.3) is 11.4 Å². The number of pyridine rings is 1. The Bertz CT molecular complexity index is 1160. The summed E-state index contributed by atoms with van der Waals surface area (Å²) in [5.74, 6) is 0.578. The monoisotopic (exact) mass is 433 g/mol. The Morgan fingerprint density at radius 2 is 2.00 bits per heavy atom. The smallest absolute Gasteiger partial charge is 0.416 e. The summed E-state index contributed by atoms with van der Waals surface area (Å²) in [7, 11) is 0. The third kappa shape index (κ3) is 5.38. The number of aromatic nitrogens is 3. The predicted molar refractivity (Wildman–Crippen MR) is 108 cm³/mol. The minimum atomic E-state index is -4.52. The number of halogens is 3. The Kier molecular flexibility index (Phi) is 6.23. The van der Waals surface area contributed by atoms with Crippen molar-refractivity contribution in [3.05, 3.63) is 64.3 Å². The summed E-state index contributed by atoms with van der Waals surface area (Å²) in [4.78, 5) is 34.8. The maximum atomic E-state index is 12.8. The van der Waals surface area contributed by atoms with Crippen LogP contribution in [-0.2, 0) is 6.18 Å². The second-order valence-corrected chi connectivity index (χ2v) is 6.36. The summed E-state index contributed by atoms with van der Waals surface area (Å²) in [6.07, 6.45) is -1.74. The summed E-state index contributed by atoms with van der Waals surface area (Å²) in [5.41, 5.74) is -0.108. The summed E-state index contributed by atoms with van der Waals surface area (Å²) in [5, 5.41) is 4.84. The van der Waals surface area contributed by atoms with E-state index >= 15 is 0 Å². The van der Waals surface area contributed by atoms with Crippen molar-refractivity contribution in [2.24, 2.45) is 0 Å². The molecule has 0 saturated heterocycles. The molecular formula is C20H18F3N5O3. The first-order chi connectivity index (χ1) is 14.7. The number of H-pyrrole nitrogens is 1. The van der Waals surface area contributed by atoms with Crippen LogP contribution < -0.4 is 20.9 Å². The molecule has 31 heavy (non-hydrogen) atoms. The van der Waals surface area contributed by atoms with E-state index in [0.29, 0.717) is 23.6 Å². The first kappa shape index (κ1) is 21.8. The molecular weight excluding hydrogens is 415 g/mol. The minimum absolute atomic E-state index is 0.0166. The van der Waals surface area contributed by atoms with Crippen LogP contribution in [0.5, 0.6) is 5.75 Å². The van der Waals surface area contributed by atoms with Gasteiger partial charge in [0.2, 0.25) is 0 Å². The molecule has 11 heteroatoms. The third-order valence-corrected chi connectivity index (χ3v) is 4.10. The van der Waals surface area contributed by atoms with Crippen LogP contribution in [0.1, 0.15) is 18.2 Å². The van der Waals surface area contributed by atoms with E-state index in [0.717, 1.165) is 12.1 Å². The lowest BCUT2D eigenvalue weighted by atomic mass is 10.2. The number of ether oxygens (including phenoxy) is 1. The molecule has 2 amide bonds. The first-order valence-electron chi connectivity index (χ1n) is 9.12. The number of anilines is 2. The average molecular weight is 433 g/mol. The molecule has 162 valence electrons. The minimum Gasteiger partial charge on any atom is -0.493 e. The SMILES string of the molecule is CCOc1cc(=O)[nH]cc1-c1ncc(NC(=O)Nc2cccc(C(F)(F)F)c2)c(C)n1. The van der Waals surface area contributed by atoms with E-state index in [1.54, 1.807) is 13.8 Å². The highest BCUT2D eigenvalue weighted by Gasteiger charge is 2.30. The highest BCUT2D eigenvalue weighted by Crippen LogP contribution is 2.31. The molecule has 0 fully saturated rings. The number of aryl methyl sites for hydroxylation is 1. The van der Waals surface area contributed by atoms with Gasteiger partial charge in [-0.2, -0.15) is 13.2 Å². The number of hydrogen-bond donors (Lipinski definition) is 3. The number of amides is 2. The lowest BCUT2D eigenvalue weighted by molar-refractivity contribution is -0.137. The van der Waals surface area contributed by atoms with Crippen molar-refractivity contribution < 1.29 is 22.7 Å². The highest BCUT2D eigenvalue weighted by atomic mass is 19.4. The lowest BCUT2D eigenvalue weighted by Crippen LogP contribution is -2.21. The van der Waals surface area contributed by atoms with E-state index in [9.17, 15) is 22.8 Å². The van der Waals surface area contributed by atoms with Crippen molar-refractivity contribution in [3.63, 3.8) is 0 Å². The summed E-state index contributed by atoms with van der Waals surface area (Å²) in [6, 6.07) is 4.81. The van der Waals surface area contributed by atoms with Crippen LogP contribution in [-0.4, -0.2) is 27.6 Å². The summed E-state index contributed by atoms with van der Waals surface area (Å²) in [6.45, 7) is 3.73. The maximum Gasteiger partial charge on any atom is 0.416 e. The molecule has 0 bridgehead atoms. The highest BCUT2D eigenvalue weighted by molar-refractivity contribution is 6.00. The van der Waals surface area contributed by atoms with E-state index in [1.165, 1.54) is 30.6 Å². The van der Waals surface area contributed by atoms with Crippen molar-refractivity contribution in [3.8, 4) is 17.1 Å². The largest absolute Gasteiger partial charge is 0.493 e. The average Bonchev–Trinajstić information content (AvgIpc) is 2.69. The molecule has 0 spiro atoms. The van der Waals surface area contributed by atoms with Crippen LogP contribution >= 0.6 is 0 Å². The zero-order valence-corrected chi connectivity index (χ0v) is 16.5. The third-order valence-electron chi connectivity index (χ3n) is 4.10. The normalized spacial score (nSPS) is 11.1. The number of benzene rings is 1. The zero-order valence-electron chi connectivity index (χ0n) is 16.5. The Hall–Kier alpha value is -3.89. The topological polar surface area (TPSA) is 109 Å². The molecule has 0 saturated carbocycles. The first-order valence-corrected chi connectivity index (χ1v) is 9.12. The lowest BCUT2D eigenvalue weighted by Gasteiger charge is -2.13. The molecule has 0 aliphatic rings. The van der Waals surface area contributed by atoms with E-state index in [2.05, 4.69) is 25.6 Å². The second-order valence-electron chi connectivity index (χ2n) is 6.36. The number of rotatable bonds is 5. The summed E-state index contributed by atoms with van der Waals surface area (Å²) < 4.78 is 43.9. The van der Waals surface area contributed by atoms with Crippen molar-refractivity contribution >= 4 is 17.4 Å². The van der Waals surface area contributed by atoms with Crippen molar-refractivity contribution in [2.75, 3.05) is 17.2 Å². The van der Waals surface area contributed by atoms with Gasteiger partial charge in [-0.1, -0.05) is 6.07 Å². The van der Waals surface area contributed by atoms with Crippen molar-refractivity contribution in [1.29, 1.82) is 0 Å². The molecule has 0 aliphatic carbocycles. The van der Waals surface area contributed by atoms with Gasteiger partial charge in [-0.05, 0) is 32.0 Å². The predicted octanol–water partition coefficient (Wildman–Crippen LogP) is 4.20. The van der Waals surface area contributed by atoms with Gasteiger partial charge in [0.05, 0.1) is 35.3 Å². The van der Waals surface area contributed by atoms with Crippen LogP contribution in [0.15, 0.2) is 47.5 Å². The number of carbonyl (C=O) groups is 1. The molecule has 2 aromatic heterocycles. The molecule has 0 unspecified atom stereocenters. The standard InChI is InChI=1S/C20H18F3N5O3/c1-3-31-16-8-17(29)24-9-14(16)18-25-10-15(11(2)26-18)28-19(30)27-13-6-4-5-12(7-13)20(21,22)23/h4-10H,3H2,1-2H3,(H,24,29)(H2,27,28,30). The van der Waals surface area contributed by atoms with E-state index in [1.807, 2.05) is 0 Å². The van der Waals surface area contributed by atoms with Gasteiger partial charge < -0.3 is 20.4 Å². The van der Waals surface area contributed by atoms with Crippen molar-refractivity contribution in [2.45, 2.75) is 20.0 Å². The molecule has 0 radical (unpaired) electrons. The van der Waals surface area contributed by atoms with Gasteiger partial charge in [-0.25, -0.2) is 14.8 Å². The molecule has 8 nitrogen and oxygen atoms in total. The van der Waals surface area contributed by atoms with Gasteiger partial charge in [-0.3, -0.25) is 4.79 Å². The molecule has 0 aliphatic heterocycles. The van der Waals surface area contributed by atoms with Crippen LogP contribution in [0.3, 0.4) is 0 Å². The molecule has 1 aromatic carbocycles. The number of carbonyl (C=O) groups excluding carboxylic acids is 1. The Morgan fingerprint density at radius 1 is 1.23 bits per heavy atom. The van der Waals surface area contributed by atoms with E-state index < -0.39 is 17.8 Å². The van der Waals surface area contributed by atoms with Crippen molar-refractivity contribution in [1.82, 2.24) is 15.0 Å². The van der Waals surface area contributed by atoms with Gasteiger partial charge in [0.25, 0.3) is 5.56 Å². The fourth-order valence-electron chi connectivity index (χ4n) is 2.68. The number of aromatic amines is 1. The molecule has 3 rings (SSSR count). The molecule has 3 aromatic rings. The van der Waals surface area contributed by atoms with E-state index in [4.69, 9.17) is 4.74 Å². The van der Waals surface area contributed by atoms with Gasteiger partial charge in [-0.15, -0.1) is 0 Å². The number of nitrogens with zero attached hydrogens (tertiary/aromatic N) is 2. The molecule has 2 heterocycles. The van der Waals surface area contributed by atoms with Gasteiger partial charge in [0.1, 0.15) is 5.75 Å². The number of urea groups is 1. The maximum absolute atomic E-state index is 12.8. The number of nitrogens with one attached hydrogen (secondary N) is 3. The van der Waals surface area contributed by atoms with Gasteiger partial charge in [0.15, 0.2) is 5.82 Å². The number of hydrogen-bond acceptors (Lipinski definition) is 5. The molecule has 3 N–H and O–H groups in total. The van der Waals surface area contributed by atoms with Gasteiger partial charge >= 0.3 is 12.2 Å². The Labute approximate surface area is 174 Å².